The molecule has 1 unspecified atom stereocenters. The van der Waals surface area contributed by atoms with Crippen molar-refractivity contribution >= 4 is 11.9 Å². The van der Waals surface area contributed by atoms with E-state index in [2.05, 4.69) is 29.2 Å². The van der Waals surface area contributed by atoms with Crippen LogP contribution in [-0.4, -0.2) is 48.4 Å². The van der Waals surface area contributed by atoms with E-state index >= 15 is 0 Å². The van der Waals surface area contributed by atoms with Gasteiger partial charge in [-0.1, -0.05) is 24.3 Å². The van der Waals surface area contributed by atoms with Crippen LogP contribution in [0.25, 0.3) is 0 Å². The minimum absolute atomic E-state index is 0.0292. The first-order valence-electron chi connectivity index (χ1n) is 8.31. The average molecular weight is 316 g/mol. The Bertz CT molecular complexity index is 564. The number of methoxy groups -OCH3 is 1. The number of likely N-dealkylation sites (tertiary alicyclic amines) is 2. The van der Waals surface area contributed by atoms with Crippen LogP contribution in [0.2, 0.25) is 0 Å². The number of hydrogen-bond donors (Lipinski definition) is 0. The lowest BCUT2D eigenvalue weighted by atomic mass is 10.1. The lowest BCUT2D eigenvalue weighted by Crippen LogP contribution is -2.26. The van der Waals surface area contributed by atoms with E-state index in [1.165, 1.54) is 38.6 Å². The van der Waals surface area contributed by atoms with Gasteiger partial charge in [-0.25, -0.2) is 0 Å². The molecule has 2 heterocycles. The lowest BCUT2D eigenvalue weighted by molar-refractivity contribution is -0.145. The second-order valence-corrected chi connectivity index (χ2v) is 6.50. The molecule has 0 spiro atoms. The van der Waals surface area contributed by atoms with E-state index in [1.54, 1.807) is 4.90 Å². The Morgan fingerprint density at radius 2 is 1.74 bits per heavy atom. The van der Waals surface area contributed by atoms with E-state index in [1.807, 2.05) is 0 Å². The van der Waals surface area contributed by atoms with Crippen molar-refractivity contribution in [3.8, 4) is 0 Å². The summed E-state index contributed by atoms with van der Waals surface area (Å²) in [5, 5.41) is 0. The topological polar surface area (TPSA) is 49.9 Å². The van der Waals surface area contributed by atoms with Crippen LogP contribution in [-0.2, 0) is 27.4 Å². The fraction of sp³-hybridized carbons (Fsp3) is 0.556. The van der Waals surface area contributed by atoms with Gasteiger partial charge < -0.3 is 9.64 Å². The molecule has 1 aromatic rings. The maximum Gasteiger partial charge on any atom is 0.310 e. The van der Waals surface area contributed by atoms with Gasteiger partial charge in [0, 0.05) is 26.1 Å². The first kappa shape index (κ1) is 16.0. The van der Waals surface area contributed by atoms with Crippen LogP contribution in [0.5, 0.6) is 0 Å². The van der Waals surface area contributed by atoms with Crippen molar-refractivity contribution in [2.24, 2.45) is 5.92 Å². The third kappa shape index (κ3) is 3.91. The molecule has 1 amide bonds. The zero-order valence-corrected chi connectivity index (χ0v) is 13.7. The molecule has 23 heavy (non-hydrogen) atoms. The van der Waals surface area contributed by atoms with E-state index in [4.69, 9.17) is 4.74 Å². The van der Waals surface area contributed by atoms with Crippen molar-refractivity contribution in [2.45, 2.75) is 32.4 Å². The highest BCUT2D eigenvalue weighted by Gasteiger charge is 2.34. The highest BCUT2D eigenvalue weighted by Crippen LogP contribution is 2.21. The van der Waals surface area contributed by atoms with Crippen LogP contribution >= 0.6 is 0 Å². The molecule has 2 saturated heterocycles. The predicted molar refractivity (Wildman–Crippen MR) is 86.5 cm³/mol. The summed E-state index contributed by atoms with van der Waals surface area (Å²) in [7, 11) is 1.37. The van der Waals surface area contributed by atoms with E-state index in [9.17, 15) is 9.59 Å². The van der Waals surface area contributed by atoms with Crippen molar-refractivity contribution in [3.63, 3.8) is 0 Å². The molecule has 0 N–H and O–H groups in total. The van der Waals surface area contributed by atoms with E-state index in [0.29, 0.717) is 13.1 Å². The first-order valence-corrected chi connectivity index (χ1v) is 8.31. The van der Waals surface area contributed by atoms with E-state index < -0.39 is 0 Å². The van der Waals surface area contributed by atoms with Crippen LogP contribution in [0.3, 0.4) is 0 Å². The number of amides is 1. The maximum absolute atomic E-state index is 12.0. The summed E-state index contributed by atoms with van der Waals surface area (Å²) in [5.74, 6) is -0.578. The van der Waals surface area contributed by atoms with Gasteiger partial charge in [-0.15, -0.1) is 0 Å². The SMILES string of the molecule is COC(=O)C1CC(=O)N(Cc2ccc(CN3CCCC3)cc2)C1. The highest BCUT2D eigenvalue weighted by molar-refractivity contribution is 5.86. The molecule has 0 aliphatic carbocycles. The molecule has 2 aliphatic heterocycles. The predicted octanol–water partition coefficient (Wildman–Crippen LogP) is 1.80. The van der Waals surface area contributed by atoms with Gasteiger partial charge >= 0.3 is 5.97 Å². The standard InChI is InChI=1S/C18H24N2O3/c1-23-18(22)16-10-17(21)20(13-16)12-15-6-4-14(5-7-15)11-19-8-2-3-9-19/h4-7,16H,2-3,8-13H2,1H3. The molecule has 5 heteroatoms. The summed E-state index contributed by atoms with van der Waals surface area (Å²) in [5.41, 5.74) is 2.42. The number of hydrogen-bond acceptors (Lipinski definition) is 4. The third-order valence-electron chi connectivity index (χ3n) is 4.75. The van der Waals surface area contributed by atoms with Gasteiger partial charge in [0.25, 0.3) is 0 Å². The van der Waals surface area contributed by atoms with Crippen LogP contribution in [0.4, 0.5) is 0 Å². The average Bonchev–Trinajstić information content (AvgIpc) is 3.19. The minimum atomic E-state index is -0.318. The number of carbonyl (C=O) groups is 2. The zero-order chi connectivity index (χ0) is 16.2. The summed E-state index contributed by atoms with van der Waals surface area (Å²) in [4.78, 5) is 27.8. The Labute approximate surface area is 137 Å². The highest BCUT2D eigenvalue weighted by atomic mass is 16.5. The molecule has 0 saturated carbocycles. The molecule has 1 aromatic carbocycles. The van der Waals surface area contributed by atoms with Gasteiger partial charge in [0.15, 0.2) is 0 Å². The Kier molecular flexibility index (Phi) is 4.96. The van der Waals surface area contributed by atoms with Crippen molar-refractivity contribution in [1.82, 2.24) is 9.80 Å². The molecule has 2 fully saturated rings. The van der Waals surface area contributed by atoms with Gasteiger partial charge in [0.2, 0.25) is 5.91 Å². The van der Waals surface area contributed by atoms with E-state index in [0.717, 1.165) is 12.1 Å². The third-order valence-corrected chi connectivity index (χ3v) is 4.75. The van der Waals surface area contributed by atoms with Crippen molar-refractivity contribution < 1.29 is 14.3 Å². The fourth-order valence-electron chi connectivity index (χ4n) is 3.42. The molecule has 5 nitrogen and oxygen atoms in total. The second-order valence-electron chi connectivity index (χ2n) is 6.50. The number of rotatable bonds is 5. The van der Waals surface area contributed by atoms with Crippen LogP contribution in [0, 0.1) is 5.92 Å². The zero-order valence-electron chi connectivity index (χ0n) is 13.7. The lowest BCUT2D eigenvalue weighted by Gasteiger charge is -2.17. The van der Waals surface area contributed by atoms with Crippen LogP contribution < -0.4 is 0 Å². The smallest absolute Gasteiger partial charge is 0.310 e. The molecule has 124 valence electrons. The summed E-state index contributed by atoms with van der Waals surface area (Å²) >= 11 is 0. The summed E-state index contributed by atoms with van der Waals surface area (Å²) in [6.45, 7) is 4.42. The van der Waals surface area contributed by atoms with Gasteiger partial charge in [0.05, 0.1) is 13.0 Å². The summed E-state index contributed by atoms with van der Waals surface area (Å²) in [6, 6.07) is 8.46. The first-order chi connectivity index (χ1) is 11.2. The molecule has 3 rings (SSSR count). The van der Waals surface area contributed by atoms with E-state index in [-0.39, 0.29) is 24.2 Å². The van der Waals surface area contributed by atoms with Gasteiger partial charge in [0.1, 0.15) is 0 Å². The maximum atomic E-state index is 12.0. The quantitative estimate of drug-likeness (QED) is 0.777. The molecular weight excluding hydrogens is 292 g/mol. The second kappa shape index (κ2) is 7.13. The summed E-state index contributed by atoms with van der Waals surface area (Å²) in [6.07, 6.45) is 2.87. The van der Waals surface area contributed by atoms with Crippen LogP contribution in [0.1, 0.15) is 30.4 Å². The number of nitrogens with zero attached hydrogens (tertiary/aromatic N) is 2. The fourth-order valence-corrected chi connectivity index (χ4v) is 3.42. The van der Waals surface area contributed by atoms with Crippen molar-refractivity contribution in [2.75, 3.05) is 26.7 Å². The molecule has 0 radical (unpaired) electrons. The van der Waals surface area contributed by atoms with Gasteiger partial charge in [-0.05, 0) is 37.1 Å². The Hall–Kier alpha value is -1.88. The molecular formula is C18H24N2O3. The minimum Gasteiger partial charge on any atom is -0.469 e. The van der Waals surface area contributed by atoms with Gasteiger partial charge in [-0.3, -0.25) is 14.5 Å². The number of carbonyl (C=O) groups excluding carboxylic acids is 2. The van der Waals surface area contributed by atoms with Crippen molar-refractivity contribution in [1.29, 1.82) is 0 Å². The summed E-state index contributed by atoms with van der Waals surface area (Å²) < 4.78 is 4.74. The number of esters is 1. The monoisotopic (exact) mass is 316 g/mol. The Morgan fingerprint density at radius 1 is 1.13 bits per heavy atom. The Morgan fingerprint density at radius 3 is 2.35 bits per heavy atom. The Balaban J connectivity index is 1.55. The van der Waals surface area contributed by atoms with Gasteiger partial charge in [-0.2, -0.15) is 0 Å². The van der Waals surface area contributed by atoms with Crippen molar-refractivity contribution in [3.05, 3.63) is 35.4 Å². The molecule has 2 aliphatic rings. The molecule has 0 aromatic heterocycles. The van der Waals surface area contributed by atoms with Crippen LogP contribution in [0.15, 0.2) is 24.3 Å². The molecule has 0 bridgehead atoms. The number of ether oxygens (including phenoxy) is 1. The largest absolute Gasteiger partial charge is 0.469 e. The normalized spacial score (nSPS) is 21.9. The number of benzene rings is 1. The molecule has 1 atom stereocenters.